The number of nitrogens with one attached hydrogen (secondary N) is 1. The number of carbonyl (C=O) groups is 1. The maximum Gasteiger partial charge on any atom is 0.426 e. The first-order valence-corrected chi connectivity index (χ1v) is 13.4. The molecule has 1 aromatic heterocycles. The van der Waals surface area contributed by atoms with Crippen LogP contribution in [-0.4, -0.2) is 46.1 Å². The number of guanidine groups is 1. The van der Waals surface area contributed by atoms with Gasteiger partial charge in [0.15, 0.2) is 28.3 Å². The molecular weight excluding hydrogens is 650 g/mol. The molecule has 2 aliphatic rings. The molecule has 2 atom stereocenters. The minimum Gasteiger partial charge on any atom is -0.460 e. The summed E-state index contributed by atoms with van der Waals surface area (Å²) in [4.78, 5) is 28.1. The number of hydrazone groups is 1. The summed E-state index contributed by atoms with van der Waals surface area (Å²) in [6, 6.07) is 3.52. The van der Waals surface area contributed by atoms with Gasteiger partial charge in [0.25, 0.3) is 5.96 Å². The highest BCUT2D eigenvalue weighted by atomic mass is 35.5. The van der Waals surface area contributed by atoms with Crippen molar-refractivity contribution < 1.29 is 45.3 Å². The predicted octanol–water partition coefficient (Wildman–Crippen LogP) is 6.24. The van der Waals surface area contributed by atoms with Gasteiger partial charge in [0.2, 0.25) is 0 Å². The Kier molecular flexibility index (Phi) is 10.7. The number of nitrogens with zero attached hydrogens (tertiary/aromatic N) is 4. The second-order valence-corrected chi connectivity index (χ2v) is 11.1. The Labute approximate surface area is 255 Å². The summed E-state index contributed by atoms with van der Waals surface area (Å²) in [7, 11) is 0. The van der Waals surface area contributed by atoms with Crippen molar-refractivity contribution in [1.82, 2.24) is 15.2 Å². The zero-order valence-electron chi connectivity index (χ0n) is 23.1. The Morgan fingerprint density at radius 1 is 1.23 bits per heavy atom. The van der Waals surface area contributed by atoms with E-state index in [2.05, 4.69) is 15.4 Å². The molecule has 2 aromatic rings. The molecule has 0 radical (unpaired) electrons. The van der Waals surface area contributed by atoms with E-state index in [0.717, 1.165) is 12.5 Å². The molecule has 1 aromatic carbocycles. The molecule has 44 heavy (non-hydrogen) atoms. The number of allylic oxidation sites excluding steroid dienone is 2. The fourth-order valence-electron chi connectivity index (χ4n) is 4.41. The maximum atomic E-state index is 13.8. The second-order valence-electron chi connectivity index (χ2n) is 10.3. The van der Waals surface area contributed by atoms with Gasteiger partial charge in [0.1, 0.15) is 21.9 Å². The highest BCUT2D eigenvalue weighted by Gasteiger charge is 2.62. The summed E-state index contributed by atoms with van der Waals surface area (Å²) >= 11 is 10.8. The Morgan fingerprint density at radius 2 is 1.84 bits per heavy atom. The van der Waals surface area contributed by atoms with Crippen LogP contribution in [0.5, 0.6) is 0 Å². The standard InChI is InChI=1S/C17H14ClF7O2.C9H10ClN5O2/c1-6-11(19)13(21)7(14(22)12(6)20)5-27-15(26)10-8(16(10,2)3)4-9(18)17(23,24)25;10-8-2-1-7(5-12-8)6-14-4-3-11-9(14)13-15(16)17/h4,8,10H,5H2,1-3H3;1-2,5H,3-4,6H2,(H,11,13)/b9-4-;/t8-,10-;/m1./s1. The third-order valence-electron chi connectivity index (χ3n) is 7.00. The van der Waals surface area contributed by atoms with Crippen LogP contribution in [0.25, 0.3) is 0 Å². The van der Waals surface area contributed by atoms with E-state index in [1.54, 1.807) is 17.2 Å². The normalized spacial score (nSPS) is 20.1. The van der Waals surface area contributed by atoms with Crippen molar-refractivity contribution in [2.75, 3.05) is 13.1 Å². The molecule has 0 bridgehead atoms. The molecule has 1 aliphatic carbocycles. The zero-order chi connectivity index (χ0) is 33.1. The summed E-state index contributed by atoms with van der Waals surface area (Å²) < 4.78 is 96.8. The molecule has 2 heterocycles. The topological polar surface area (TPSA) is 110 Å². The number of aromatic nitrogens is 1. The minimum atomic E-state index is -4.78. The van der Waals surface area contributed by atoms with E-state index < -0.39 is 80.5 Å². The van der Waals surface area contributed by atoms with Gasteiger partial charge in [-0.15, -0.1) is 0 Å². The van der Waals surface area contributed by atoms with Crippen molar-refractivity contribution in [3.05, 3.63) is 84.7 Å². The van der Waals surface area contributed by atoms with Crippen molar-refractivity contribution in [1.29, 1.82) is 0 Å². The molecule has 2 fully saturated rings. The Hall–Kier alpha value is -3.66. The van der Waals surface area contributed by atoms with E-state index in [9.17, 15) is 45.6 Å². The fraction of sp³-hybridized carbons (Fsp3) is 0.423. The van der Waals surface area contributed by atoms with Crippen LogP contribution >= 0.6 is 23.2 Å². The molecule has 1 N–H and O–H groups in total. The van der Waals surface area contributed by atoms with Gasteiger partial charge >= 0.3 is 12.1 Å². The average molecular weight is 674 g/mol. The Balaban J connectivity index is 0.000000266. The van der Waals surface area contributed by atoms with Crippen LogP contribution in [0.1, 0.15) is 30.5 Å². The first kappa shape index (κ1) is 34.8. The third kappa shape index (κ3) is 8.08. The molecule has 1 saturated carbocycles. The molecule has 1 aliphatic heterocycles. The molecule has 1 saturated heterocycles. The van der Waals surface area contributed by atoms with Crippen molar-refractivity contribution >= 4 is 35.1 Å². The first-order valence-electron chi connectivity index (χ1n) is 12.6. The highest BCUT2D eigenvalue weighted by Crippen LogP contribution is 2.60. The van der Waals surface area contributed by atoms with Crippen molar-refractivity contribution in [3.8, 4) is 0 Å². The van der Waals surface area contributed by atoms with Crippen molar-refractivity contribution in [2.24, 2.45) is 22.4 Å². The summed E-state index contributed by atoms with van der Waals surface area (Å²) in [5, 5.41) is 14.8. The lowest BCUT2D eigenvalue weighted by molar-refractivity contribution is -0.485. The number of nitro groups is 1. The predicted molar refractivity (Wildman–Crippen MR) is 144 cm³/mol. The fourth-order valence-corrected chi connectivity index (χ4v) is 4.66. The lowest BCUT2D eigenvalue weighted by Gasteiger charge is -2.14. The van der Waals surface area contributed by atoms with Crippen molar-refractivity contribution in [3.63, 3.8) is 0 Å². The largest absolute Gasteiger partial charge is 0.460 e. The lowest BCUT2D eigenvalue weighted by atomic mass is 10.1. The first-order chi connectivity index (χ1) is 20.4. The number of ether oxygens (including phenoxy) is 1. The molecule has 0 unspecified atom stereocenters. The van der Waals surface area contributed by atoms with Gasteiger partial charge in [0.05, 0.1) is 11.5 Å². The van der Waals surface area contributed by atoms with Gasteiger partial charge < -0.3 is 15.0 Å². The number of pyridine rings is 1. The summed E-state index contributed by atoms with van der Waals surface area (Å²) in [5.41, 5.74) is -2.00. The number of carbonyl (C=O) groups excluding carboxylic acids is 1. The van der Waals surface area contributed by atoms with Gasteiger partial charge in [-0.05, 0) is 29.9 Å². The molecule has 240 valence electrons. The van der Waals surface area contributed by atoms with Crippen LogP contribution < -0.4 is 5.32 Å². The third-order valence-corrected chi connectivity index (χ3v) is 7.56. The zero-order valence-corrected chi connectivity index (χ0v) is 24.6. The van der Waals surface area contributed by atoms with Crippen LogP contribution in [0.15, 0.2) is 34.5 Å². The number of esters is 1. The van der Waals surface area contributed by atoms with E-state index in [1.165, 1.54) is 13.8 Å². The summed E-state index contributed by atoms with van der Waals surface area (Å²) in [5.74, 6) is -9.40. The van der Waals surface area contributed by atoms with Crippen LogP contribution in [0.3, 0.4) is 0 Å². The number of halogens is 9. The average Bonchev–Trinajstić information content (AvgIpc) is 3.22. The lowest BCUT2D eigenvalue weighted by Crippen LogP contribution is -2.30. The summed E-state index contributed by atoms with van der Waals surface area (Å²) in [6.45, 7) is 4.52. The van der Waals surface area contributed by atoms with E-state index in [1.807, 2.05) is 6.07 Å². The summed E-state index contributed by atoms with van der Waals surface area (Å²) in [6.07, 6.45) is -2.47. The van der Waals surface area contributed by atoms with Crippen LogP contribution in [-0.2, 0) is 22.7 Å². The van der Waals surface area contributed by atoms with Gasteiger partial charge in [0, 0.05) is 31.4 Å². The second kappa shape index (κ2) is 13.5. The van der Waals surface area contributed by atoms with Crippen LogP contribution in [0.2, 0.25) is 5.15 Å². The van der Waals surface area contributed by atoms with Gasteiger partial charge in [-0.2, -0.15) is 13.2 Å². The molecule has 0 amide bonds. The van der Waals surface area contributed by atoms with E-state index >= 15 is 0 Å². The molecule has 4 rings (SSSR count). The Morgan fingerprint density at radius 3 is 2.36 bits per heavy atom. The van der Waals surface area contributed by atoms with Crippen LogP contribution in [0, 0.1) is 57.6 Å². The number of hydrogen-bond donors (Lipinski definition) is 1. The molecule has 0 spiro atoms. The molecule has 9 nitrogen and oxygen atoms in total. The smallest absolute Gasteiger partial charge is 0.426 e. The maximum absolute atomic E-state index is 13.8. The van der Waals surface area contributed by atoms with Crippen LogP contribution in [0.4, 0.5) is 30.7 Å². The highest BCUT2D eigenvalue weighted by molar-refractivity contribution is 6.30. The molecule has 18 heteroatoms. The number of alkyl halides is 3. The van der Waals surface area contributed by atoms with E-state index in [0.29, 0.717) is 30.9 Å². The van der Waals surface area contributed by atoms with E-state index in [-0.39, 0.29) is 5.96 Å². The van der Waals surface area contributed by atoms with Gasteiger partial charge in [-0.25, -0.2) is 32.7 Å². The monoisotopic (exact) mass is 673 g/mol. The Bertz CT molecular complexity index is 1460. The van der Waals surface area contributed by atoms with Gasteiger partial charge in [-0.1, -0.05) is 49.2 Å². The quantitative estimate of drug-likeness (QED) is 0.0925. The number of hydrogen-bond acceptors (Lipinski definition) is 5. The number of benzene rings is 1. The van der Waals surface area contributed by atoms with Gasteiger partial charge in [-0.3, -0.25) is 4.79 Å². The SMILES string of the molecule is Cc1c(F)c(F)c(COC(=O)[C@H]2[C@@H](/C=C(\Cl)C(F)(F)F)C2(C)C)c(F)c1F.O=[N+]([O-])/N=C1\NCCN1Cc1ccc(Cl)nc1. The number of rotatable bonds is 7. The van der Waals surface area contributed by atoms with E-state index in [4.69, 9.17) is 27.9 Å². The molecular formula is C26H24Cl2F7N5O4. The van der Waals surface area contributed by atoms with Crippen molar-refractivity contribution in [2.45, 2.75) is 40.1 Å². The minimum absolute atomic E-state index is 0.282.